The lowest BCUT2D eigenvalue weighted by Crippen LogP contribution is -2.06. The van der Waals surface area contributed by atoms with E-state index in [0.29, 0.717) is 10.9 Å². The van der Waals surface area contributed by atoms with Crippen molar-refractivity contribution in [3.05, 3.63) is 40.3 Å². The number of benzene rings is 1. The van der Waals surface area contributed by atoms with Crippen LogP contribution in [0.25, 0.3) is 10.9 Å². The molecule has 18 heavy (non-hydrogen) atoms. The summed E-state index contributed by atoms with van der Waals surface area (Å²) in [5.41, 5.74) is 1.54. The van der Waals surface area contributed by atoms with E-state index in [2.05, 4.69) is 9.72 Å². The van der Waals surface area contributed by atoms with Gasteiger partial charge >= 0.3 is 5.97 Å². The van der Waals surface area contributed by atoms with Crippen LogP contribution in [0.2, 0.25) is 5.15 Å². The zero-order valence-corrected chi connectivity index (χ0v) is 10.7. The molecule has 3 nitrogen and oxygen atoms in total. The number of halogens is 2. The van der Waals surface area contributed by atoms with Gasteiger partial charge in [-0.1, -0.05) is 11.6 Å². The molecule has 0 amide bonds. The van der Waals surface area contributed by atoms with E-state index >= 15 is 0 Å². The normalized spacial score (nSPS) is 10.7. The van der Waals surface area contributed by atoms with Crippen molar-refractivity contribution in [2.75, 3.05) is 7.11 Å². The Labute approximate surface area is 109 Å². The van der Waals surface area contributed by atoms with Crippen LogP contribution in [0.5, 0.6) is 0 Å². The summed E-state index contributed by atoms with van der Waals surface area (Å²) in [4.78, 5) is 15.3. The second-order valence-electron chi connectivity index (χ2n) is 4.00. The van der Waals surface area contributed by atoms with Crippen molar-refractivity contribution >= 4 is 28.5 Å². The molecule has 0 atom stereocenters. The molecule has 5 heteroatoms. The van der Waals surface area contributed by atoms with Gasteiger partial charge in [-0.25, -0.2) is 9.37 Å². The van der Waals surface area contributed by atoms with Gasteiger partial charge in [-0.2, -0.15) is 0 Å². The van der Waals surface area contributed by atoms with Crippen molar-refractivity contribution in [3.8, 4) is 0 Å². The van der Waals surface area contributed by atoms with Crippen LogP contribution in [-0.2, 0) is 16.0 Å². The van der Waals surface area contributed by atoms with E-state index in [1.807, 2.05) is 0 Å². The Balaban J connectivity index is 2.67. The number of carbonyl (C=O) groups is 1. The van der Waals surface area contributed by atoms with E-state index in [0.717, 1.165) is 5.56 Å². The maximum Gasteiger partial charge on any atom is 0.310 e. The van der Waals surface area contributed by atoms with Crippen molar-refractivity contribution in [2.45, 2.75) is 13.3 Å². The molecule has 1 heterocycles. The van der Waals surface area contributed by atoms with E-state index in [9.17, 15) is 9.18 Å². The number of hydrogen-bond donors (Lipinski definition) is 0. The van der Waals surface area contributed by atoms with Crippen LogP contribution in [0.1, 0.15) is 11.1 Å². The first-order chi connectivity index (χ1) is 8.51. The highest BCUT2D eigenvalue weighted by molar-refractivity contribution is 6.30. The Morgan fingerprint density at radius 3 is 2.83 bits per heavy atom. The first-order valence-corrected chi connectivity index (χ1v) is 5.71. The third kappa shape index (κ3) is 2.43. The van der Waals surface area contributed by atoms with Gasteiger partial charge in [0.15, 0.2) is 0 Å². The number of nitrogens with zero attached hydrogens (tertiary/aromatic N) is 1. The van der Waals surface area contributed by atoms with Crippen molar-refractivity contribution in [2.24, 2.45) is 0 Å². The first-order valence-electron chi connectivity index (χ1n) is 5.33. The number of ether oxygens (including phenoxy) is 1. The molecule has 2 aromatic rings. The molecule has 1 aromatic heterocycles. The molecule has 0 saturated carbocycles. The van der Waals surface area contributed by atoms with Crippen molar-refractivity contribution in [1.29, 1.82) is 0 Å². The fourth-order valence-electron chi connectivity index (χ4n) is 1.83. The monoisotopic (exact) mass is 267 g/mol. The lowest BCUT2D eigenvalue weighted by Gasteiger charge is -2.08. The van der Waals surface area contributed by atoms with Crippen molar-refractivity contribution in [1.82, 2.24) is 4.98 Å². The van der Waals surface area contributed by atoms with Crippen molar-refractivity contribution in [3.63, 3.8) is 0 Å². The predicted molar refractivity (Wildman–Crippen MR) is 67.2 cm³/mol. The number of methoxy groups -OCH3 is 1. The molecule has 94 valence electrons. The van der Waals surface area contributed by atoms with Crippen LogP contribution in [-0.4, -0.2) is 18.1 Å². The molecule has 0 bridgehead atoms. The van der Waals surface area contributed by atoms with Crippen LogP contribution >= 0.6 is 11.6 Å². The molecule has 0 saturated heterocycles. The summed E-state index contributed by atoms with van der Waals surface area (Å²) in [6, 6.07) is 4.72. The Morgan fingerprint density at radius 2 is 2.17 bits per heavy atom. The summed E-state index contributed by atoms with van der Waals surface area (Å²) in [6.07, 6.45) is 0.0398. The summed E-state index contributed by atoms with van der Waals surface area (Å²) in [7, 11) is 1.30. The summed E-state index contributed by atoms with van der Waals surface area (Å²) < 4.78 is 18.4. The maximum absolute atomic E-state index is 13.8. The highest BCUT2D eigenvalue weighted by Crippen LogP contribution is 2.25. The minimum Gasteiger partial charge on any atom is -0.469 e. The predicted octanol–water partition coefficient (Wildman–Crippen LogP) is 3.05. The van der Waals surface area contributed by atoms with Gasteiger partial charge in [-0.15, -0.1) is 0 Å². The van der Waals surface area contributed by atoms with Crippen LogP contribution in [0.3, 0.4) is 0 Å². The molecule has 0 aliphatic rings. The number of carbonyl (C=O) groups excluding carboxylic acids is 1. The van der Waals surface area contributed by atoms with Gasteiger partial charge in [-0.05, 0) is 36.2 Å². The smallest absolute Gasteiger partial charge is 0.310 e. The number of aryl methyl sites for hydroxylation is 1. The topological polar surface area (TPSA) is 39.2 Å². The van der Waals surface area contributed by atoms with Crippen LogP contribution in [0, 0.1) is 12.7 Å². The molecule has 0 fully saturated rings. The molecular weight excluding hydrogens is 257 g/mol. The third-order valence-corrected chi connectivity index (χ3v) is 2.82. The van der Waals surface area contributed by atoms with Crippen LogP contribution in [0.15, 0.2) is 18.2 Å². The Morgan fingerprint density at radius 1 is 1.44 bits per heavy atom. The Bertz CT molecular complexity index is 628. The maximum atomic E-state index is 13.8. The largest absolute Gasteiger partial charge is 0.469 e. The standard InChI is InChI=1S/C13H11ClFNO2/c1-7-3-9-8(6-12(17)18-2)5-11(14)16-13(9)10(15)4-7/h3-5H,6H2,1-2H3. The van der Waals surface area contributed by atoms with Gasteiger partial charge in [0.25, 0.3) is 0 Å². The molecular formula is C13H11ClFNO2. The van der Waals surface area contributed by atoms with Gasteiger partial charge in [0.2, 0.25) is 0 Å². The summed E-state index contributed by atoms with van der Waals surface area (Å²) >= 11 is 5.83. The summed E-state index contributed by atoms with van der Waals surface area (Å²) in [5.74, 6) is -0.848. The van der Waals surface area contributed by atoms with E-state index in [1.54, 1.807) is 19.1 Å². The quantitative estimate of drug-likeness (QED) is 0.620. The minimum atomic E-state index is -0.446. The van der Waals surface area contributed by atoms with Gasteiger partial charge in [0, 0.05) is 5.39 Å². The molecule has 0 aliphatic heterocycles. The zero-order valence-electron chi connectivity index (χ0n) is 9.96. The molecule has 0 radical (unpaired) electrons. The number of pyridine rings is 1. The van der Waals surface area contributed by atoms with Crippen molar-refractivity contribution < 1.29 is 13.9 Å². The Hall–Kier alpha value is -1.68. The first kappa shape index (κ1) is 12.8. The molecule has 2 rings (SSSR count). The highest BCUT2D eigenvalue weighted by Gasteiger charge is 2.13. The van der Waals surface area contributed by atoms with Gasteiger partial charge < -0.3 is 4.74 Å². The third-order valence-electron chi connectivity index (χ3n) is 2.63. The average molecular weight is 268 g/mol. The van der Waals surface area contributed by atoms with Crippen LogP contribution in [0.4, 0.5) is 4.39 Å². The number of aromatic nitrogens is 1. The minimum absolute atomic E-state index is 0.0398. The molecule has 0 spiro atoms. The highest BCUT2D eigenvalue weighted by atomic mass is 35.5. The van der Waals surface area contributed by atoms with E-state index in [4.69, 9.17) is 11.6 Å². The van der Waals surface area contributed by atoms with Gasteiger partial charge in [0.05, 0.1) is 13.5 Å². The second-order valence-corrected chi connectivity index (χ2v) is 4.39. The summed E-state index contributed by atoms with van der Waals surface area (Å²) in [5, 5.41) is 0.742. The SMILES string of the molecule is COC(=O)Cc1cc(Cl)nc2c(F)cc(C)cc12. The molecule has 0 aliphatic carbocycles. The van der Waals surface area contributed by atoms with E-state index in [1.165, 1.54) is 13.2 Å². The number of fused-ring (bicyclic) bond motifs is 1. The fraction of sp³-hybridized carbons (Fsp3) is 0.231. The average Bonchev–Trinajstić information content (AvgIpc) is 2.30. The number of esters is 1. The molecule has 0 unspecified atom stereocenters. The number of hydrogen-bond acceptors (Lipinski definition) is 3. The van der Waals surface area contributed by atoms with Gasteiger partial charge in [0.1, 0.15) is 16.5 Å². The number of rotatable bonds is 2. The fourth-order valence-corrected chi connectivity index (χ4v) is 2.04. The second kappa shape index (κ2) is 4.90. The van der Waals surface area contributed by atoms with Crippen LogP contribution < -0.4 is 0 Å². The summed E-state index contributed by atoms with van der Waals surface area (Å²) in [6.45, 7) is 1.78. The molecule has 1 aromatic carbocycles. The zero-order chi connectivity index (χ0) is 13.3. The lowest BCUT2D eigenvalue weighted by molar-refractivity contribution is -0.139. The van der Waals surface area contributed by atoms with E-state index < -0.39 is 11.8 Å². The van der Waals surface area contributed by atoms with E-state index in [-0.39, 0.29) is 17.1 Å². The Kier molecular flexibility index (Phi) is 3.48. The lowest BCUT2D eigenvalue weighted by atomic mass is 10.0. The molecule has 0 N–H and O–H groups in total. The van der Waals surface area contributed by atoms with Gasteiger partial charge in [-0.3, -0.25) is 4.79 Å².